The van der Waals surface area contributed by atoms with Crippen LogP contribution in [0.4, 0.5) is 24.9 Å². The van der Waals surface area contributed by atoms with Crippen LogP contribution < -0.4 is 20.3 Å². The van der Waals surface area contributed by atoms with Gasteiger partial charge in [0.05, 0.1) is 16.5 Å². The van der Waals surface area contributed by atoms with Gasteiger partial charge in [0.25, 0.3) is 5.91 Å². The van der Waals surface area contributed by atoms with E-state index >= 15 is 0 Å². The predicted octanol–water partition coefficient (Wildman–Crippen LogP) is 5.36. The maximum absolute atomic E-state index is 12.7. The van der Waals surface area contributed by atoms with Crippen LogP contribution >= 0.6 is 15.9 Å². The van der Waals surface area contributed by atoms with Crippen molar-refractivity contribution in [3.8, 4) is 5.75 Å². The fourth-order valence-electron chi connectivity index (χ4n) is 4.25. The first-order chi connectivity index (χ1) is 17.1. The summed E-state index contributed by atoms with van der Waals surface area (Å²) in [5.74, 6) is 0.393. The van der Waals surface area contributed by atoms with Gasteiger partial charge >= 0.3 is 6.36 Å². The Hall–Kier alpha value is -3.26. The fraction of sp³-hybridized carbons (Fsp3) is 0.400. The number of fused-ring (bicyclic) bond motifs is 1. The maximum Gasteiger partial charge on any atom is 0.573 e. The lowest BCUT2D eigenvalue weighted by Crippen LogP contribution is -2.34. The lowest BCUT2D eigenvalue weighted by Gasteiger charge is -2.29. The van der Waals surface area contributed by atoms with Gasteiger partial charge in [-0.3, -0.25) is 4.79 Å². The number of hydrogen-bond acceptors (Lipinski definition) is 6. The van der Waals surface area contributed by atoms with Gasteiger partial charge in [-0.05, 0) is 61.9 Å². The molecule has 1 aliphatic carbocycles. The molecule has 0 atom stereocenters. The van der Waals surface area contributed by atoms with E-state index in [9.17, 15) is 18.0 Å². The number of alkyl halides is 3. The molecule has 2 N–H and O–H groups in total. The third-order valence-corrected chi connectivity index (χ3v) is 6.50. The van der Waals surface area contributed by atoms with E-state index in [0.29, 0.717) is 17.0 Å². The number of aromatic nitrogens is 2. The molecule has 1 saturated carbocycles. The van der Waals surface area contributed by atoms with Gasteiger partial charge in [-0.1, -0.05) is 28.1 Å². The summed E-state index contributed by atoms with van der Waals surface area (Å²) in [6, 6.07) is 13.8. The Morgan fingerprint density at radius 3 is 2.64 bits per heavy atom. The van der Waals surface area contributed by atoms with Crippen molar-refractivity contribution in [3.05, 3.63) is 52.5 Å². The molecule has 0 saturated heterocycles. The van der Waals surface area contributed by atoms with Gasteiger partial charge in [-0.15, -0.1) is 13.2 Å². The van der Waals surface area contributed by atoms with Gasteiger partial charge < -0.3 is 20.3 Å². The summed E-state index contributed by atoms with van der Waals surface area (Å²) in [7, 11) is 3.83. The van der Waals surface area contributed by atoms with Crippen LogP contribution in [0.2, 0.25) is 0 Å². The zero-order valence-electron chi connectivity index (χ0n) is 19.7. The molecule has 1 fully saturated rings. The van der Waals surface area contributed by atoms with Crippen LogP contribution in [0, 0.1) is 18.1 Å². The van der Waals surface area contributed by atoms with Crippen molar-refractivity contribution in [3.63, 3.8) is 0 Å². The summed E-state index contributed by atoms with van der Waals surface area (Å²) in [6.45, 7) is 0.372. The predicted molar refractivity (Wildman–Crippen MR) is 134 cm³/mol. The van der Waals surface area contributed by atoms with Crippen LogP contribution in [0.5, 0.6) is 5.75 Å². The average Bonchev–Trinajstić information content (AvgIpc) is 2.82. The largest absolute Gasteiger partial charge is 0.573 e. The van der Waals surface area contributed by atoms with Crippen LogP contribution in [0.1, 0.15) is 36.0 Å². The molecule has 190 valence electrons. The number of rotatable bonds is 7. The molecule has 3 aromatic rings. The number of nitrogens with one attached hydrogen (secondary N) is 2. The molecule has 1 aromatic heterocycles. The van der Waals surface area contributed by atoms with E-state index in [4.69, 9.17) is 0 Å². The molecule has 1 amide bonds. The number of halogens is 4. The molecule has 2 aromatic carbocycles. The molecule has 1 heterocycles. The van der Waals surface area contributed by atoms with Gasteiger partial charge in [-0.25, -0.2) is 4.98 Å². The first kappa shape index (κ1) is 25.8. The average molecular weight is 564 g/mol. The van der Waals surface area contributed by atoms with Crippen molar-refractivity contribution in [1.29, 1.82) is 0 Å². The van der Waals surface area contributed by atoms with Crippen LogP contribution in [0.25, 0.3) is 10.9 Å². The third-order valence-electron chi connectivity index (χ3n) is 6.01. The summed E-state index contributed by atoms with van der Waals surface area (Å²) in [5.41, 5.74) is 0.624. The van der Waals surface area contributed by atoms with Crippen molar-refractivity contribution in [2.45, 2.75) is 38.1 Å². The molecule has 0 bridgehead atoms. The zero-order valence-corrected chi connectivity index (χ0v) is 21.3. The van der Waals surface area contributed by atoms with Crippen molar-refractivity contribution in [2.75, 3.05) is 30.9 Å². The van der Waals surface area contributed by atoms with E-state index in [1.54, 1.807) is 6.07 Å². The van der Waals surface area contributed by atoms with E-state index in [2.05, 4.69) is 53.4 Å². The summed E-state index contributed by atoms with van der Waals surface area (Å²) < 4.78 is 42.6. The van der Waals surface area contributed by atoms with Crippen molar-refractivity contribution >= 4 is 44.5 Å². The molecular weight excluding hydrogens is 539 g/mol. The molecule has 0 spiro atoms. The van der Waals surface area contributed by atoms with Crippen molar-refractivity contribution < 1.29 is 22.7 Å². The molecule has 0 unspecified atom stereocenters. The maximum atomic E-state index is 12.7. The van der Waals surface area contributed by atoms with Gasteiger partial charge in [0, 0.05) is 31.2 Å². The number of carbonyl (C=O) groups excluding carboxylic acids is 1. The van der Waals surface area contributed by atoms with E-state index in [0.717, 1.165) is 48.5 Å². The van der Waals surface area contributed by atoms with Gasteiger partial charge in [-0.2, -0.15) is 4.98 Å². The third kappa shape index (κ3) is 6.49. The van der Waals surface area contributed by atoms with Crippen molar-refractivity contribution in [1.82, 2.24) is 15.3 Å². The van der Waals surface area contributed by atoms with Gasteiger partial charge in [0.2, 0.25) is 5.95 Å². The Morgan fingerprint density at radius 2 is 1.94 bits per heavy atom. The standard InChI is InChI=1S/C25H25BrF3N5O2/c1-34(2)22-18-5-3-4-6-20(18)32-24(33-22)31-17-10-7-15(8-11-17)14-30-23(35)19-12-9-16(26)13-21(19)36-25(27,28)29/h4,6,9,12-13,15,17H,7-8,10-11,14H2,1-2H3,(H,30,35)(H,31,32,33). The lowest BCUT2D eigenvalue weighted by atomic mass is 9.86. The highest BCUT2D eigenvalue weighted by atomic mass is 79.9. The van der Waals surface area contributed by atoms with Crippen LogP contribution in [-0.2, 0) is 0 Å². The fourth-order valence-corrected chi connectivity index (χ4v) is 4.59. The van der Waals surface area contributed by atoms with E-state index in [1.807, 2.05) is 25.1 Å². The first-order valence-electron chi connectivity index (χ1n) is 11.5. The number of hydrogen-bond donors (Lipinski definition) is 2. The number of nitrogens with zero attached hydrogens (tertiary/aromatic N) is 3. The van der Waals surface area contributed by atoms with Gasteiger partial charge in [0.15, 0.2) is 0 Å². The summed E-state index contributed by atoms with van der Waals surface area (Å²) >= 11 is 3.11. The molecule has 0 aliphatic heterocycles. The quantitative estimate of drug-likeness (QED) is 0.403. The molecule has 4 rings (SSSR count). The topological polar surface area (TPSA) is 79.4 Å². The Bertz CT molecular complexity index is 1230. The number of amides is 1. The monoisotopic (exact) mass is 563 g/mol. The molecule has 36 heavy (non-hydrogen) atoms. The number of ether oxygens (including phenoxy) is 1. The van der Waals surface area contributed by atoms with Crippen molar-refractivity contribution in [2.24, 2.45) is 5.92 Å². The van der Waals surface area contributed by atoms with Crippen LogP contribution in [0.15, 0.2) is 34.8 Å². The smallest absolute Gasteiger partial charge is 0.405 e. The minimum atomic E-state index is -4.89. The number of anilines is 2. The Balaban J connectivity index is 1.32. The zero-order chi connectivity index (χ0) is 25.9. The lowest BCUT2D eigenvalue weighted by molar-refractivity contribution is -0.274. The second-order valence-corrected chi connectivity index (χ2v) is 9.80. The first-order valence-corrected chi connectivity index (χ1v) is 12.3. The van der Waals surface area contributed by atoms with Crippen LogP contribution in [-0.4, -0.2) is 48.9 Å². The Kier molecular flexibility index (Phi) is 7.73. The Morgan fingerprint density at radius 1 is 1.19 bits per heavy atom. The number of benzene rings is 1. The molecule has 0 radical (unpaired) electrons. The molecule has 11 heteroatoms. The highest BCUT2D eigenvalue weighted by Gasteiger charge is 2.33. The normalized spacial score (nSPS) is 17.8. The molecular formula is C25H25BrF3N5O2. The summed E-state index contributed by atoms with van der Waals surface area (Å²) in [4.78, 5) is 23.8. The SMILES string of the molecule is CN(C)c1nc(NC2CCC(CNC(=O)c3ccc(Br)cc3OC(F)(F)F)CC2)nc2ccc#cc12. The van der Waals surface area contributed by atoms with E-state index < -0.39 is 18.0 Å². The highest BCUT2D eigenvalue weighted by Crippen LogP contribution is 2.30. The molecule has 1 aliphatic rings. The number of carbonyl (C=O) groups is 1. The second kappa shape index (κ2) is 10.8. The minimum Gasteiger partial charge on any atom is -0.405 e. The van der Waals surface area contributed by atoms with Crippen LogP contribution in [0.3, 0.4) is 0 Å². The second-order valence-electron chi connectivity index (χ2n) is 8.89. The summed E-state index contributed by atoms with van der Waals surface area (Å²) in [5, 5.41) is 6.99. The van der Waals surface area contributed by atoms with E-state index in [-0.39, 0.29) is 17.5 Å². The minimum absolute atomic E-state index is 0.161. The highest BCUT2D eigenvalue weighted by molar-refractivity contribution is 9.10. The Labute approximate surface area is 215 Å². The summed E-state index contributed by atoms with van der Waals surface area (Å²) in [6.07, 6.45) is -1.48. The van der Waals surface area contributed by atoms with Gasteiger partial charge in [0.1, 0.15) is 11.6 Å². The van der Waals surface area contributed by atoms with E-state index in [1.165, 1.54) is 12.1 Å². The molecule has 7 nitrogen and oxygen atoms in total.